The Labute approximate surface area is 246 Å². The van der Waals surface area contributed by atoms with Gasteiger partial charge in [0.2, 0.25) is 6.10 Å². The highest BCUT2D eigenvalue weighted by molar-refractivity contribution is 5.90. The third-order valence-corrected chi connectivity index (χ3v) is 7.82. The van der Waals surface area contributed by atoms with Crippen LogP contribution in [0, 0.1) is 0 Å². The zero-order chi connectivity index (χ0) is 30.2. The normalized spacial score (nSPS) is 15.4. The van der Waals surface area contributed by atoms with Gasteiger partial charge in [-0.3, -0.25) is 14.6 Å². The number of methoxy groups -OCH3 is 2. The van der Waals surface area contributed by atoms with Crippen molar-refractivity contribution in [2.24, 2.45) is 10.7 Å². The van der Waals surface area contributed by atoms with Crippen LogP contribution in [0.25, 0.3) is 22.3 Å². The van der Waals surface area contributed by atoms with E-state index in [2.05, 4.69) is 11.9 Å². The molecule has 0 saturated heterocycles. The molecule has 2 N–H and O–H groups in total. The van der Waals surface area contributed by atoms with Crippen LogP contribution in [-0.2, 0) is 45.1 Å². The molecule has 1 atom stereocenters. The van der Waals surface area contributed by atoms with Gasteiger partial charge in [-0.15, -0.1) is 0 Å². The van der Waals surface area contributed by atoms with Crippen molar-refractivity contribution in [3.05, 3.63) is 86.7 Å². The molecule has 1 unspecified atom stereocenters. The summed E-state index contributed by atoms with van der Waals surface area (Å²) in [7, 11) is 3.20. The number of aliphatic imine (C=N–C) groups is 1. The third-order valence-electron chi connectivity index (χ3n) is 7.82. The largest absolute Gasteiger partial charge is 0.497 e. The molecule has 0 spiro atoms. The molecule has 11 nitrogen and oxygen atoms in total. The molecule has 2 aromatic heterocycles. The molecule has 2 aliphatic heterocycles. The second-order valence-electron chi connectivity index (χ2n) is 10.3. The lowest BCUT2D eigenvalue weighted by Crippen LogP contribution is -2.34. The van der Waals surface area contributed by atoms with Crippen molar-refractivity contribution in [3.8, 4) is 22.9 Å². The molecule has 0 saturated carbocycles. The van der Waals surface area contributed by atoms with Gasteiger partial charge < -0.3 is 29.2 Å². The van der Waals surface area contributed by atoms with Crippen LogP contribution in [0.5, 0.6) is 11.5 Å². The molecule has 43 heavy (non-hydrogen) atoms. The first kappa shape index (κ1) is 28.0. The van der Waals surface area contributed by atoms with Crippen molar-refractivity contribution in [1.82, 2.24) is 9.55 Å². The predicted molar refractivity (Wildman–Crippen MR) is 158 cm³/mol. The number of cyclic esters (lactones) is 1. The van der Waals surface area contributed by atoms with Crippen molar-refractivity contribution in [3.63, 3.8) is 0 Å². The first-order chi connectivity index (χ1) is 20.8. The van der Waals surface area contributed by atoms with E-state index in [-0.39, 0.29) is 23.6 Å². The summed E-state index contributed by atoms with van der Waals surface area (Å²) in [5.41, 5.74) is 11.2. The standard InChI is InChI=1S/C32H30N4O7/c1-4-20-21-12-19(41-3)9-10-25(21)35-29-23(20)15-36-26(29)13-22-24(31(36)38)16-42-32(39)30(22)43-28(37)14-34-27(33)11-17-5-7-18(40-2)8-6-17/h5-10,12-13,30H,4,11,14-16H2,1-3H3,(H2,33,34). The quantitative estimate of drug-likeness (QED) is 0.166. The number of hydrogen-bond acceptors (Lipinski definition) is 9. The summed E-state index contributed by atoms with van der Waals surface area (Å²) >= 11 is 0. The van der Waals surface area contributed by atoms with Gasteiger partial charge in [-0.05, 0) is 53.9 Å². The van der Waals surface area contributed by atoms with Gasteiger partial charge in [-0.1, -0.05) is 19.1 Å². The summed E-state index contributed by atoms with van der Waals surface area (Å²) in [6, 6.07) is 14.7. The van der Waals surface area contributed by atoms with Gasteiger partial charge in [0.05, 0.1) is 49.1 Å². The molecule has 2 aromatic carbocycles. The monoisotopic (exact) mass is 582 g/mol. The number of hydrogen-bond donors (Lipinski definition) is 1. The van der Waals surface area contributed by atoms with E-state index in [4.69, 9.17) is 29.7 Å². The van der Waals surface area contributed by atoms with E-state index in [1.54, 1.807) is 37.0 Å². The van der Waals surface area contributed by atoms with Gasteiger partial charge in [0.25, 0.3) is 5.56 Å². The number of ether oxygens (including phenoxy) is 4. The molecular formula is C32H30N4O7. The molecule has 11 heteroatoms. The van der Waals surface area contributed by atoms with Gasteiger partial charge in [0, 0.05) is 22.9 Å². The van der Waals surface area contributed by atoms with Gasteiger partial charge in [0.1, 0.15) is 24.7 Å². The fraction of sp³-hybridized carbons (Fsp3) is 0.281. The Hall–Kier alpha value is -5.19. The molecule has 0 bridgehead atoms. The van der Waals surface area contributed by atoms with E-state index in [0.717, 1.165) is 39.8 Å². The molecule has 2 aliphatic rings. The average Bonchev–Trinajstić information content (AvgIpc) is 3.38. The number of pyridine rings is 2. The predicted octanol–water partition coefficient (Wildman–Crippen LogP) is 3.25. The second kappa shape index (κ2) is 11.2. The number of esters is 2. The highest BCUT2D eigenvalue weighted by atomic mass is 16.6. The maximum absolute atomic E-state index is 13.7. The molecule has 220 valence electrons. The number of fused-ring (bicyclic) bond motifs is 5. The lowest BCUT2D eigenvalue weighted by atomic mass is 9.97. The topological polar surface area (TPSA) is 144 Å². The number of amidine groups is 1. The van der Waals surface area contributed by atoms with Gasteiger partial charge >= 0.3 is 11.9 Å². The number of carbonyl (C=O) groups is 2. The second-order valence-corrected chi connectivity index (χ2v) is 10.3. The molecule has 0 fully saturated rings. The number of benzene rings is 2. The van der Waals surface area contributed by atoms with Crippen LogP contribution in [0.4, 0.5) is 0 Å². The summed E-state index contributed by atoms with van der Waals surface area (Å²) in [5.74, 6) is 0.126. The number of nitrogens with two attached hydrogens (primary N) is 1. The lowest BCUT2D eigenvalue weighted by molar-refractivity contribution is -0.170. The maximum atomic E-state index is 13.7. The van der Waals surface area contributed by atoms with Gasteiger partial charge in [-0.25, -0.2) is 9.78 Å². The highest BCUT2D eigenvalue weighted by Gasteiger charge is 2.38. The Morgan fingerprint density at radius 1 is 1.07 bits per heavy atom. The molecule has 6 rings (SSSR count). The smallest absolute Gasteiger partial charge is 0.352 e. The molecule has 4 heterocycles. The molecular weight excluding hydrogens is 552 g/mol. The van der Waals surface area contributed by atoms with Crippen LogP contribution < -0.4 is 20.8 Å². The lowest BCUT2D eigenvalue weighted by Gasteiger charge is -2.24. The fourth-order valence-corrected chi connectivity index (χ4v) is 5.66. The molecule has 0 aliphatic carbocycles. The SMILES string of the molecule is CCc1c2c(nc3ccc(OC)cc13)-c1cc3c(c(=O)n1C2)COC(=O)C3OC(=O)CN=C(N)Cc1ccc(OC)cc1. The first-order valence-electron chi connectivity index (χ1n) is 13.9. The average molecular weight is 583 g/mol. The van der Waals surface area contributed by atoms with Crippen molar-refractivity contribution < 1.29 is 28.5 Å². The van der Waals surface area contributed by atoms with Crippen molar-refractivity contribution in [1.29, 1.82) is 0 Å². The Kier molecular flexibility index (Phi) is 7.31. The Morgan fingerprint density at radius 2 is 1.81 bits per heavy atom. The minimum Gasteiger partial charge on any atom is -0.497 e. The first-order valence-corrected chi connectivity index (χ1v) is 13.9. The van der Waals surface area contributed by atoms with E-state index in [0.29, 0.717) is 35.7 Å². The number of carbonyl (C=O) groups excluding carboxylic acids is 2. The molecule has 4 aromatic rings. The number of nitrogens with zero attached hydrogens (tertiary/aromatic N) is 3. The zero-order valence-electron chi connectivity index (χ0n) is 24.0. The van der Waals surface area contributed by atoms with Gasteiger partial charge in [-0.2, -0.15) is 0 Å². The number of rotatable bonds is 8. The Morgan fingerprint density at radius 3 is 2.53 bits per heavy atom. The van der Waals surface area contributed by atoms with Crippen LogP contribution in [-0.4, -0.2) is 48.1 Å². The third kappa shape index (κ3) is 5.07. The van der Waals surface area contributed by atoms with Crippen molar-refractivity contribution >= 4 is 28.7 Å². The zero-order valence-corrected chi connectivity index (χ0v) is 24.0. The number of aromatic nitrogens is 2. The van der Waals surface area contributed by atoms with Crippen LogP contribution >= 0.6 is 0 Å². The number of aryl methyl sites for hydroxylation is 1. The van der Waals surface area contributed by atoms with Crippen molar-refractivity contribution in [2.45, 2.75) is 39.0 Å². The van der Waals surface area contributed by atoms with Crippen molar-refractivity contribution in [2.75, 3.05) is 20.8 Å². The highest BCUT2D eigenvalue weighted by Crippen LogP contribution is 2.39. The maximum Gasteiger partial charge on any atom is 0.352 e. The van der Waals surface area contributed by atoms with Crippen LogP contribution in [0.15, 0.2) is 58.3 Å². The summed E-state index contributed by atoms with van der Waals surface area (Å²) < 4.78 is 23.0. The Balaban J connectivity index is 1.29. The fourth-order valence-electron chi connectivity index (χ4n) is 5.66. The van der Waals surface area contributed by atoms with Gasteiger partial charge in [0.15, 0.2) is 0 Å². The van der Waals surface area contributed by atoms with Crippen LogP contribution in [0.2, 0.25) is 0 Å². The summed E-state index contributed by atoms with van der Waals surface area (Å²) in [5, 5.41) is 0.961. The van der Waals surface area contributed by atoms with E-state index in [9.17, 15) is 14.4 Å². The van der Waals surface area contributed by atoms with Crippen LogP contribution in [0.1, 0.15) is 40.8 Å². The van der Waals surface area contributed by atoms with E-state index in [1.807, 2.05) is 30.3 Å². The Bertz CT molecular complexity index is 1860. The minimum atomic E-state index is -1.41. The minimum absolute atomic E-state index is 0.210. The van der Waals surface area contributed by atoms with E-state index < -0.39 is 24.6 Å². The van der Waals surface area contributed by atoms with E-state index >= 15 is 0 Å². The summed E-state index contributed by atoms with van der Waals surface area (Å²) in [6.45, 7) is 1.78. The molecule has 0 radical (unpaired) electrons. The molecule has 0 amide bonds. The van der Waals surface area contributed by atoms with E-state index in [1.165, 1.54) is 0 Å². The summed E-state index contributed by atoms with van der Waals surface area (Å²) in [6.07, 6.45) is -0.365. The summed E-state index contributed by atoms with van der Waals surface area (Å²) in [4.78, 5) is 48.3. The van der Waals surface area contributed by atoms with Crippen LogP contribution in [0.3, 0.4) is 0 Å².